The van der Waals surface area contributed by atoms with Crippen molar-refractivity contribution in [2.75, 3.05) is 20.0 Å². The molecular weight excluding hydrogens is 484 g/mol. The summed E-state index contributed by atoms with van der Waals surface area (Å²) < 4.78 is 12.5. The van der Waals surface area contributed by atoms with Crippen LogP contribution in [0.2, 0.25) is 0 Å². The summed E-state index contributed by atoms with van der Waals surface area (Å²) in [6.07, 6.45) is 38.0. The minimum atomic E-state index is -0.103. The molecule has 0 fully saturated rings. The lowest BCUT2D eigenvalue weighted by Gasteiger charge is -2.39. The lowest BCUT2D eigenvalue weighted by Crippen LogP contribution is -2.45. The molecule has 0 aliphatic carbocycles. The SMILES string of the molecule is CCCCCCCCCCCCCC(CCCCCCCCCCCCC)(OC)C(CCCCCS)OC. The van der Waals surface area contributed by atoms with Gasteiger partial charge in [-0.1, -0.05) is 168 Å². The molecule has 0 rings (SSSR count). The van der Waals surface area contributed by atoms with Crippen LogP contribution in [0.25, 0.3) is 0 Å². The van der Waals surface area contributed by atoms with Gasteiger partial charge >= 0.3 is 0 Å². The molecule has 0 aliphatic heterocycles. The Balaban J connectivity index is 4.41. The number of ether oxygens (including phenoxy) is 2. The molecular formula is C35H72O2S. The normalized spacial score (nSPS) is 12.9. The monoisotopic (exact) mass is 557 g/mol. The van der Waals surface area contributed by atoms with E-state index in [1.54, 1.807) is 0 Å². The van der Waals surface area contributed by atoms with Crippen molar-refractivity contribution in [1.29, 1.82) is 0 Å². The Kier molecular flexibility index (Phi) is 30.4. The highest BCUT2D eigenvalue weighted by molar-refractivity contribution is 7.80. The number of thiol groups is 1. The van der Waals surface area contributed by atoms with E-state index in [0.717, 1.165) is 25.0 Å². The zero-order valence-corrected chi connectivity index (χ0v) is 27.7. The summed E-state index contributed by atoms with van der Waals surface area (Å²) in [7, 11) is 3.87. The molecule has 0 aromatic heterocycles. The predicted octanol–water partition coefficient (Wildman–Crippen LogP) is 12.3. The highest BCUT2D eigenvalue weighted by Gasteiger charge is 2.38. The van der Waals surface area contributed by atoms with Gasteiger partial charge in [-0.25, -0.2) is 0 Å². The fourth-order valence-corrected chi connectivity index (χ4v) is 6.40. The average molecular weight is 557 g/mol. The van der Waals surface area contributed by atoms with Crippen LogP contribution in [0, 0.1) is 0 Å². The van der Waals surface area contributed by atoms with Crippen LogP contribution in [0.3, 0.4) is 0 Å². The van der Waals surface area contributed by atoms with Crippen LogP contribution in [0.4, 0.5) is 0 Å². The first-order valence-corrected chi connectivity index (χ1v) is 18.0. The third-order valence-corrected chi connectivity index (χ3v) is 9.13. The molecule has 3 heteroatoms. The minimum Gasteiger partial charge on any atom is -0.378 e. The molecule has 0 spiro atoms. The standard InChI is InChI=1S/C35H72O2S/c1-5-7-9-11-13-15-17-19-21-23-27-31-35(37-4,34(36-3)30-26-25-29-33-38)32-28-24-22-20-18-16-14-12-10-8-6-2/h34,38H,5-33H2,1-4H3. The first kappa shape index (κ1) is 38.3. The molecule has 0 N–H and O–H groups in total. The second-order valence-corrected chi connectivity index (χ2v) is 12.6. The maximum absolute atomic E-state index is 6.39. The second-order valence-electron chi connectivity index (χ2n) is 12.1. The smallest absolute Gasteiger partial charge is 0.0938 e. The van der Waals surface area contributed by atoms with Gasteiger partial charge in [-0.15, -0.1) is 0 Å². The summed E-state index contributed by atoms with van der Waals surface area (Å²) in [5.41, 5.74) is -0.103. The van der Waals surface area contributed by atoms with Crippen molar-refractivity contribution in [1.82, 2.24) is 0 Å². The highest BCUT2D eigenvalue weighted by atomic mass is 32.1. The molecule has 0 aromatic rings. The fraction of sp³-hybridized carbons (Fsp3) is 1.00. The molecule has 0 saturated carbocycles. The van der Waals surface area contributed by atoms with Crippen LogP contribution in [-0.4, -0.2) is 31.7 Å². The lowest BCUT2D eigenvalue weighted by atomic mass is 9.82. The van der Waals surface area contributed by atoms with E-state index >= 15 is 0 Å². The largest absolute Gasteiger partial charge is 0.378 e. The topological polar surface area (TPSA) is 18.5 Å². The number of unbranched alkanes of at least 4 members (excludes halogenated alkanes) is 22. The third-order valence-electron chi connectivity index (χ3n) is 8.81. The van der Waals surface area contributed by atoms with E-state index in [1.165, 1.54) is 161 Å². The minimum absolute atomic E-state index is 0.103. The maximum Gasteiger partial charge on any atom is 0.0938 e. The summed E-state index contributed by atoms with van der Waals surface area (Å²) in [5, 5.41) is 0. The van der Waals surface area contributed by atoms with E-state index in [1.807, 2.05) is 14.2 Å². The van der Waals surface area contributed by atoms with Crippen LogP contribution in [0.1, 0.15) is 194 Å². The Bertz CT molecular complexity index is 416. The quantitative estimate of drug-likeness (QED) is 0.0656. The molecule has 0 aromatic carbocycles. The van der Waals surface area contributed by atoms with Crippen LogP contribution in [-0.2, 0) is 9.47 Å². The van der Waals surface area contributed by atoms with Crippen molar-refractivity contribution in [3.63, 3.8) is 0 Å². The van der Waals surface area contributed by atoms with Crippen LogP contribution in [0.15, 0.2) is 0 Å². The average Bonchev–Trinajstić information content (AvgIpc) is 2.94. The summed E-state index contributed by atoms with van der Waals surface area (Å²) in [6.45, 7) is 4.60. The molecule has 230 valence electrons. The van der Waals surface area contributed by atoms with Crippen molar-refractivity contribution >= 4 is 12.6 Å². The molecule has 1 atom stereocenters. The molecule has 0 bridgehead atoms. The predicted molar refractivity (Wildman–Crippen MR) is 175 cm³/mol. The molecule has 38 heavy (non-hydrogen) atoms. The molecule has 0 aliphatic rings. The Morgan fingerprint density at radius 2 is 0.816 bits per heavy atom. The maximum atomic E-state index is 6.39. The Morgan fingerprint density at radius 3 is 1.13 bits per heavy atom. The van der Waals surface area contributed by atoms with Crippen molar-refractivity contribution in [2.24, 2.45) is 0 Å². The molecule has 2 nitrogen and oxygen atoms in total. The van der Waals surface area contributed by atoms with E-state index in [-0.39, 0.29) is 11.7 Å². The molecule has 0 radical (unpaired) electrons. The molecule has 0 amide bonds. The first-order chi connectivity index (χ1) is 18.7. The van der Waals surface area contributed by atoms with Gasteiger partial charge in [0.1, 0.15) is 0 Å². The van der Waals surface area contributed by atoms with Gasteiger partial charge in [0.05, 0.1) is 11.7 Å². The van der Waals surface area contributed by atoms with Crippen LogP contribution < -0.4 is 0 Å². The van der Waals surface area contributed by atoms with Gasteiger partial charge in [0.15, 0.2) is 0 Å². The van der Waals surface area contributed by atoms with E-state index in [0.29, 0.717) is 0 Å². The third kappa shape index (κ3) is 22.0. The van der Waals surface area contributed by atoms with E-state index in [4.69, 9.17) is 9.47 Å². The summed E-state index contributed by atoms with van der Waals surface area (Å²) in [4.78, 5) is 0. The van der Waals surface area contributed by atoms with Crippen molar-refractivity contribution in [2.45, 2.75) is 205 Å². The molecule has 1 unspecified atom stereocenters. The van der Waals surface area contributed by atoms with Gasteiger partial charge in [0, 0.05) is 14.2 Å². The van der Waals surface area contributed by atoms with E-state index in [9.17, 15) is 0 Å². The van der Waals surface area contributed by atoms with E-state index < -0.39 is 0 Å². The van der Waals surface area contributed by atoms with Gasteiger partial charge < -0.3 is 9.47 Å². The fourth-order valence-electron chi connectivity index (χ4n) is 6.17. The second kappa shape index (κ2) is 30.2. The Labute approximate surface area is 247 Å². The van der Waals surface area contributed by atoms with Crippen molar-refractivity contribution in [3.8, 4) is 0 Å². The van der Waals surface area contributed by atoms with Crippen LogP contribution in [0.5, 0.6) is 0 Å². The van der Waals surface area contributed by atoms with Gasteiger partial charge in [0.2, 0.25) is 0 Å². The summed E-state index contributed by atoms with van der Waals surface area (Å²) in [6, 6.07) is 0. The Hall–Kier alpha value is 0.270. The number of hydrogen-bond donors (Lipinski definition) is 1. The molecule has 0 heterocycles. The number of hydrogen-bond acceptors (Lipinski definition) is 3. The van der Waals surface area contributed by atoms with Gasteiger partial charge in [-0.05, 0) is 31.4 Å². The van der Waals surface area contributed by atoms with Gasteiger partial charge in [0.25, 0.3) is 0 Å². The van der Waals surface area contributed by atoms with Crippen molar-refractivity contribution in [3.05, 3.63) is 0 Å². The summed E-state index contributed by atoms with van der Waals surface area (Å²) >= 11 is 4.40. The van der Waals surface area contributed by atoms with E-state index in [2.05, 4.69) is 26.5 Å². The number of rotatable bonds is 32. The number of methoxy groups -OCH3 is 2. The zero-order valence-electron chi connectivity index (χ0n) is 26.8. The summed E-state index contributed by atoms with van der Waals surface area (Å²) in [5.74, 6) is 0.991. The first-order valence-electron chi connectivity index (χ1n) is 17.4. The van der Waals surface area contributed by atoms with Crippen LogP contribution >= 0.6 is 12.6 Å². The lowest BCUT2D eigenvalue weighted by molar-refractivity contribution is -0.131. The molecule has 0 saturated heterocycles. The van der Waals surface area contributed by atoms with Gasteiger partial charge in [-0.3, -0.25) is 0 Å². The van der Waals surface area contributed by atoms with Gasteiger partial charge in [-0.2, -0.15) is 12.6 Å². The van der Waals surface area contributed by atoms with Crippen molar-refractivity contribution < 1.29 is 9.47 Å². The highest BCUT2D eigenvalue weighted by Crippen LogP contribution is 2.34. The Morgan fingerprint density at radius 1 is 0.474 bits per heavy atom. The zero-order chi connectivity index (χ0) is 28.0.